The molecule has 0 atom stereocenters. The van der Waals surface area contributed by atoms with Gasteiger partial charge in [0.05, 0.1) is 6.10 Å². The van der Waals surface area contributed by atoms with Gasteiger partial charge in [-0.2, -0.15) is 0 Å². The lowest BCUT2D eigenvalue weighted by Crippen LogP contribution is -2.48. The summed E-state index contributed by atoms with van der Waals surface area (Å²) in [5.41, 5.74) is 5.88. The smallest absolute Gasteiger partial charge is 0.254 e. The fourth-order valence-electron chi connectivity index (χ4n) is 5.24. The second-order valence-electron chi connectivity index (χ2n) is 9.89. The summed E-state index contributed by atoms with van der Waals surface area (Å²) in [4.78, 5) is 17.7. The first-order chi connectivity index (χ1) is 16.3. The van der Waals surface area contributed by atoms with Gasteiger partial charge in [0, 0.05) is 42.8 Å². The monoisotopic (exact) mass is 480 g/mol. The van der Waals surface area contributed by atoms with Gasteiger partial charge in [-0.3, -0.25) is 9.69 Å². The molecule has 2 aliphatic rings. The highest BCUT2D eigenvalue weighted by Crippen LogP contribution is 2.30. The maximum atomic E-state index is 13.0. The van der Waals surface area contributed by atoms with Crippen LogP contribution in [0.15, 0.2) is 48.0 Å². The number of rotatable bonds is 5. The van der Waals surface area contributed by atoms with Crippen molar-refractivity contribution in [1.29, 1.82) is 0 Å². The summed E-state index contributed by atoms with van der Waals surface area (Å²) < 4.78 is 5.78. The minimum absolute atomic E-state index is 0.114. The van der Waals surface area contributed by atoms with Crippen LogP contribution in [0.4, 0.5) is 0 Å². The van der Waals surface area contributed by atoms with Gasteiger partial charge in [0.2, 0.25) is 0 Å². The average molecular weight is 481 g/mol. The normalized spacial score (nSPS) is 17.8. The Balaban J connectivity index is 1.30. The molecule has 2 aromatic carbocycles. The van der Waals surface area contributed by atoms with Crippen LogP contribution in [0.1, 0.15) is 67.9 Å². The van der Waals surface area contributed by atoms with E-state index in [1.807, 2.05) is 30.0 Å². The van der Waals surface area contributed by atoms with Crippen LogP contribution >= 0.6 is 11.6 Å². The topological polar surface area (TPSA) is 32.8 Å². The highest BCUT2D eigenvalue weighted by molar-refractivity contribution is 6.31. The third-order valence-corrected chi connectivity index (χ3v) is 7.77. The summed E-state index contributed by atoms with van der Waals surface area (Å²) in [7, 11) is 0. The molecule has 1 amide bonds. The van der Waals surface area contributed by atoms with Crippen LogP contribution < -0.4 is 4.74 Å². The number of likely N-dealkylation sites (tertiary alicyclic amines) is 2. The van der Waals surface area contributed by atoms with Gasteiger partial charge in [-0.1, -0.05) is 35.4 Å². The molecule has 0 aliphatic carbocycles. The Hall–Kier alpha value is -2.30. The second-order valence-corrected chi connectivity index (χ2v) is 10.3. The first-order valence-corrected chi connectivity index (χ1v) is 13.0. The van der Waals surface area contributed by atoms with Crippen molar-refractivity contribution in [2.24, 2.45) is 0 Å². The van der Waals surface area contributed by atoms with Gasteiger partial charge in [0.25, 0.3) is 5.91 Å². The maximum absolute atomic E-state index is 13.0. The second kappa shape index (κ2) is 11.0. The molecule has 0 unspecified atom stereocenters. The molecule has 0 radical (unpaired) electrons. The molecule has 4 rings (SSSR count). The highest BCUT2D eigenvalue weighted by atomic mass is 35.5. The number of hydrogen-bond donors (Lipinski definition) is 0. The molecule has 4 nitrogen and oxygen atoms in total. The van der Waals surface area contributed by atoms with Crippen molar-refractivity contribution in [3.63, 3.8) is 0 Å². The number of allylic oxidation sites excluding steroid dienone is 1. The van der Waals surface area contributed by atoms with E-state index in [1.165, 1.54) is 11.1 Å². The molecule has 0 N–H and O–H groups in total. The third kappa shape index (κ3) is 5.67. The predicted molar refractivity (Wildman–Crippen MR) is 141 cm³/mol. The molecule has 0 bridgehead atoms. The molecular formula is C29H37ClN2O2. The van der Waals surface area contributed by atoms with Crippen LogP contribution in [0, 0.1) is 6.92 Å². The largest absolute Gasteiger partial charge is 0.491 e. The van der Waals surface area contributed by atoms with Crippen LogP contribution in [0.5, 0.6) is 5.75 Å². The molecule has 2 aliphatic heterocycles. The van der Waals surface area contributed by atoms with Crippen LogP contribution in [-0.4, -0.2) is 54.0 Å². The zero-order chi connectivity index (χ0) is 24.2. The van der Waals surface area contributed by atoms with E-state index in [1.54, 1.807) is 5.57 Å². The van der Waals surface area contributed by atoms with Crippen molar-refractivity contribution >= 4 is 23.1 Å². The Kier molecular flexibility index (Phi) is 8.00. The summed E-state index contributed by atoms with van der Waals surface area (Å²) in [6.07, 6.45) is 4.52. The van der Waals surface area contributed by atoms with E-state index in [9.17, 15) is 4.79 Å². The van der Waals surface area contributed by atoms with Crippen molar-refractivity contribution in [3.8, 4) is 5.75 Å². The van der Waals surface area contributed by atoms with E-state index in [-0.39, 0.29) is 12.0 Å². The van der Waals surface area contributed by atoms with Gasteiger partial charge >= 0.3 is 0 Å². The fraction of sp³-hybridized carbons (Fsp3) is 0.483. The van der Waals surface area contributed by atoms with Crippen molar-refractivity contribution in [2.45, 2.75) is 65.5 Å². The molecule has 2 fully saturated rings. The molecule has 2 heterocycles. The molecule has 0 saturated carbocycles. The van der Waals surface area contributed by atoms with E-state index in [0.717, 1.165) is 68.7 Å². The average Bonchev–Trinajstić information content (AvgIpc) is 2.85. The lowest BCUT2D eigenvalue weighted by molar-refractivity contribution is 0.0607. The minimum Gasteiger partial charge on any atom is -0.491 e. The number of nitrogens with zero attached hydrogens (tertiary/aromatic N) is 2. The van der Waals surface area contributed by atoms with Crippen LogP contribution in [0.2, 0.25) is 5.02 Å². The fourth-order valence-corrected chi connectivity index (χ4v) is 5.41. The summed E-state index contributed by atoms with van der Waals surface area (Å²) >= 11 is 6.23. The van der Waals surface area contributed by atoms with Crippen molar-refractivity contribution in [1.82, 2.24) is 9.80 Å². The van der Waals surface area contributed by atoms with E-state index in [4.69, 9.17) is 16.3 Å². The molecule has 182 valence electrons. The van der Waals surface area contributed by atoms with Gasteiger partial charge in [0.15, 0.2) is 0 Å². The predicted octanol–water partition coefficient (Wildman–Crippen LogP) is 6.61. The number of amides is 1. The van der Waals surface area contributed by atoms with E-state index >= 15 is 0 Å². The molecule has 0 spiro atoms. The van der Waals surface area contributed by atoms with E-state index in [0.29, 0.717) is 11.1 Å². The summed E-state index contributed by atoms with van der Waals surface area (Å²) in [6.45, 7) is 12.1. The Bertz CT molecular complexity index is 1030. The summed E-state index contributed by atoms with van der Waals surface area (Å²) in [5, 5.41) is 0.660. The van der Waals surface area contributed by atoms with Gasteiger partial charge in [0.1, 0.15) is 5.75 Å². The Morgan fingerprint density at radius 3 is 2.26 bits per heavy atom. The number of carbonyl (C=O) groups excluding carboxylic acids is 1. The number of benzene rings is 2. The number of ether oxygens (including phenoxy) is 1. The van der Waals surface area contributed by atoms with Crippen molar-refractivity contribution < 1.29 is 9.53 Å². The molecule has 34 heavy (non-hydrogen) atoms. The molecule has 5 heteroatoms. The lowest BCUT2D eigenvalue weighted by Gasteiger charge is -2.41. The number of piperidine rings is 2. The first-order valence-electron chi connectivity index (χ1n) is 12.6. The van der Waals surface area contributed by atoms with Gasteiger partial charge in [-0.15, -0.1) is 0 Å². The van der Waals surface area contributed by atoms with E-state index < -0.39 is 0 Å². The van der Waals surface area contributed by atoms with Crippen LogP contribution in [-0.2, 0) is 0 Å². The zero-order valence-electron chi connectivity index (χ0n) is 20.9. The number of halogens is 1. The van der Waals surface area contributed by atoms with Crippen LogP contribution in [0.25, 0.3) is 5.57 Å². The Morgan fingerprint density at radius 2 is 1.65 bits per heavy atom. The Morgan fingerprint density at radius 1 is 1.00 bits per heavy atom. The van der Waals surface area contributed by atoms with E-state index in [2.05, 4.69) is 49.9 Å². The maximum Gasteiger partial charge on any atom is 0.254 e. The zero-order valence-corrected chi connectivity index (χ0v) is 21.7. The standard InChI is InChI=1S/C29H37ClN2O2/c1-20(2)34-26-10-8-23(9-11-26)21(3)24-12-16-31(17-13-24)25-14-18-32(19-15-25)29(33)27-6-5-7-28(30)22(27)4/h5-11,20,25H,12-19H2,1-4H3. The molecule has 2 saturated heterocycles. The number of hydrogen-bond acceptors (Lipinski definition) is 3. The molecule has 2 aromatic rings. The van der Waals surface area contributed by atoms with Crippen LogP contribution in [0.3, 0.4) is 0 Å². The SMILES string of the molecule is CC(=C1CCN(C2CCN(C(=O)c3cccc(Cl)c3C)CC2)CC1)c1ccc(OC(C)C)cc1. The molecular weight excluding hydrogens is 444 g/mol. The highest BCUT2D eigenvalue weighted by Gasteiger charge is 2.29. The van der Waals surface area contributed by atoms with Gasteiger partial charge in [-0.25, -0.2) is 0 Å². The third-order valence-electron chi connectivity index (χ3n) is 7.36. The van der Waals surface area contributed by atoms with Crippen molar-refractivity contribution in [3.05, 3.63) is 69.8 Å². The lowest BCUT2D eigenvalue weighted by atomic mass is 9.92. The summed E-state index contributed by atoms with van der Waals surface area (Å²) in [6, 6.07) is 14.7. The quantitative estimate of drug-likeness (QED) is 0.482. The molecule has 0 aromatic heterocycles. The minimum atomic E-state index is 0.114. The number of carbonyl (C=O) groups is 1. The van der Waals surface area contributed by atoms with Crippen molar-refractivity contribution in [2.75, 3.05) is 26.2 Å². The van der Waals surface area contributed by atoms with Gasteiger partial charge < -0.3 is 9.64 Å². The Labute approximate surface area is 209 Å². The summed E-state index contributed by atoms with van der Waals surface area (Å²) in [5.74, 6) is 1.05. The first kappa shape index (κ1) is 24.8. The van der Waals surface area contributed by atoms with Gasteiger partial charge in [-0.05, 0) is 94.3 Å².